The van der Waals surface area contributed by atoms with Crippen molar-refractivity contribution in [2.24, 2.45) is 0 Å². The minimum absolute atomic E-state index is 0.218. The highest BCUT2D eigenvalue weighted by atomic mass is 35.5. The second-order valence-corrected chi connectivity index (χ2v) is 7.02. The van der Waals surface area contributed by atoms with Gasteiger partial charge in [0.05, 0.1) is 17.8 Å². The molecule has 0 fully saturated rings. The third-order valence-corrected chi connectivity index (χ3v) is 5.02. The SMILES string of the molecule is O=C(NCc1ccc2ccccc2n1)c1csc(-c2cccc(Cl)c2)n1. The summed E-state index contributed by atoms with van der Waals surface area (Å²) < 4.78 is 0. The Labute approximate surface area is 159 Å². The van der Waals surface area contributed by atoms with Gasteiger partial charge in [0.25, 0.3) is 5.91 Å². The number of carbonyl (C=O) groups is 1. The molecule has 4 nitrogen and oxygen atoms in total. The summed E-state index contributed by atoms with van der Waals surface area (Å²) in [6, 6.07) is 19.2. The van der Waals surface area contributed by atoms with Gasteiger partial charge < -0.3 is 5.32 Å². The van der Waals surface area contributed by atoms with Gasteiger partial charge in [0.1, 0.15) is 10.7 Å². The van der Waals surface area contributed by atoms with E-state index in [1.807, 2.05) is 60.7 Å². The number of halogens is 1. The Kier molecular flexibility index (Phi) is 4.65. The number of aromatic nitrogens is 2. The van der Waals surface area contributed by atoms with Crippen molar-refractivity contribution in [1.82, 2.24) is 15.3 Å². The number of para-hydroxylation sites is 1. The van der Waals surface area contributed by atoms with Gasteiger partial charge in [-0.3, -0.25) is 9.78 Å². The van der Waals surface area contributed by atoms with Crippen LogP contribution in [0.4, 0.5) is 0 Å². The van der Waals surface area contributed by atoms with Crippen molar-refractivity contribution in [3.05, 3.63) is 82.5 Å². The fourth-order valence-corrected chi connectivity index (χ4v) is 3.59. The van der Waals surface area contributed by atoms with Crippen LogP contribution in [0.25, 0.3) is 21.5 Å². The zero-order valence-electron chi connectivity index (χ0n) is 13.6. The summed E-state index contributed by atoms with van der Waals surface area (Å²) in [5.74, 6) is -0.218. The molecule has 2 aromatic heterocycles. The van der Waals surface area contributed by atoms with Gasteiger partial charge in [-0.15, -0.1) is 11.3 Å². The lowest BCUT2D eigenvalue weighted by Gasteiger charge is -2.04. The number of benzene rings is 2. The van der Waals surface area contributed by atoms with Crippen molar-refractivity contribution >= 4 is 39.7 Å². The quantitative estimate of drug-likeness (QED) is 0.546. The zero-order valence-corrected chi connectivity index (χ0v) is 15.2. The highest BCUT2D eigenvalue weighted by Gasteiger charge is 2.12. The lowest BCUT2D eigenvalue weighted by atomic mass is 10.2. The van der Waals surface area contributed by atoms with E-state index < -0.39 is 0 Å². The molecular weight excluding hydrogens is 366 g/mol. The van der Waals surface area contributed by atoms with E-state index in [-0.39, 0.29) is 5.91 Å². The summed E-state index contributed by atoms with van der Waals surface area (Å²) in [4.78, 5) is 21.3. The number of pyridine rings is 1. The number of hydrogen-bond acceptors (Lipinski definition) is 4. The molecule has 0 saturated carbocycles. The average molecular weight is 380 g/mol. The molecule has 0 saturated heterocycles. The molecule has 0 radical (unpaired) electrons. The van der Waals surface area contributed by atoms with E-state index in [2.05, 4.69) is 15.3 Å². The first-order valence-electron chi connectivity index (χ1n) is 8.03. The molecule has 0 bridgehead atoms. The summed E-state index contributed by atoms with van der Waals surface area (Å²) in [7, 11) is 0. The Hall–Kier alpha value is -2.76. The van der Waals surface area contributed by atoms with Crippen LogP contribution in [0.1, 0.15) is 16.2 Å². The molecule has 2 aromatic carbocycles. The number of rotatable bonds is 4. The number of nitrogens with one attached hydrogen (secondary N) is 1. The second-order valence-electron chi connectivity index (χ2n) is 5.73. The smallest absolute Gasteiger partial charge is 0.271 e. The summed E-state index contributed by atoms with van der Waals surface area (Å²) in [6.07, 6.45) is 0. The van der Waals surface area contributed by atoms with Gasteiger partial charge in [-0.2, -0.15) is 0 Å². The first-order chi connectivity index (χ1) is 12.7. The standard InChI is InChI=1S/C20H14ClN3OS/c21-15-6-3-5-14(10-15)20-24-18(12-26-20)19(25)22-11-16-9-8-13-4-1-2-7-17(13)23-16/h1-10,12H,11H2,(H,22,25). The van der Waals surface area contributed by atoms with E-state index in [0.717, 1.165) is 27.2 Å². The van der Waals surface area contributed by atoms with Gasteiger partial charge in [0.2, 0.25) is 0 Å². The van der Waals surface area contributed by atoms with E-state index >= 15 is 0 Å². The van der Waals surface area contributed by atoms with E-state index in [1.165, 1.54) is 11.3 Å². The maximum Gasteiger partial charge on any atom is 0.271 e. The van der Waals surface area contributed by atoms with Gasteiger partial charge in [-0.05, 0) is 24.3 Å². The predicted molar refractivity (Wildman–Crippen MR) is 105 cm³/mol. The van der Waals surface area contributed by atoms with Crippen molar-refractivity contribution < 1.29 is 4.79 Å². The van der Waals surface area contributed by atoms with Crippen LogP contribution in [-0.4, -0.2) is 15.9 Å². The predicted octanol–water partition coefficient (Wildman–Crippen LogP) is 4.94. The maximum atomic E-state index is 12.4. The molecule has 0 aliphatic heterocycles. The summed E-state index contributed by atoms with van der Waals surface area (Å²) in [5.41, 5.74) is 3.02. The third kappa shape index (κ3) is 3.59. The molecule has 0 aliphatic carbocycles. The number of amides is 1. The first kappa shape index (κ1) is 16.7. The van der Waals surface area contributed by atoms with E-state index in [1.54, 1.807) is 5.38 Å². The second kappa shape index (κ2) is 7.23. The number of nitrogens with zero attached hydrogens (tertiary/aromatic N) is 2. The highest BCUT2D eigenvalue weighted by Crippen LogP contribution is 2.26. The van der Waals surface area contributed by atoms with Crippen LogP contribution in [0.3, 0.4) is 0 Å². The van der Waals surface area contributed by atoms with E-state index in [4.69, 9.17) is 11.6 Å². The number of hydrogen-bond donors (Lipinski definition) is 1. The summed E-state index contributed by atoms with van der Waals surface area (Å²) in [6.45, 7) is 0.355. The molecule has 0 atom stereocenters. The topological polar surface area (TPSA) is 54.9 Å². The Bertz CT molecular complexity index is 1090. The normalized spacial score (nSPS) is 10.8. The molecule has 4 rings (SSSR count). The molecule has 2 heterocycles. The minimum atomic E-state index is -0.218. The molecule has 6 heteroatoms. The van der Waals surface area contributed by atoms with Crippen LogP contribution in [0.15, 0.2) is 66.0 Å². The van der Waals surface area contributed by atoms with Crippen LogP contribution in [0, 0.1) is 0 Å². The third-order valence-electron chi connectivity index (χ3n) is 3.89. The Morgan fingerprint density at radius 2 is 1.92 bits per heavy atom. The molecule has 0 spiro atoms. The zero-order chi connectivity index (χ0) is 17.9. The fourth-order valence-electron chi connectivity index (χ4n) is 2.60. The molecular formula is C20H14ClN3OS. The molecule has 4 aromatic rings. The van der Waals surface area contributed by atoms with Crippen LogP contribution in [-0.2, 0) is 6.54 Å². The van der Waals surface area contributed by atoms with Crippen LogP contribution < -0.4 is 5.32 Å². The van der Waals surface area contributed by atoms with Crippen LogP contribution >= 0.6 is 22.9 Å². The minimum Gasteiger partial charge on any atom is -0.345 e. The molecule has 0 unspecified atom stereocenters. The fraction of sp³-hybridized carbons (Fsp3) is 0.0500. The first-order valence-corrected chi connectivity index (χ1v) is 9.29. The molecule has 1 N–H and O–H groups in total. The number of thiazole rings is 1. The maximum absolute atomic E-state index is 12.4. The van der Waals surface area contributed by atoms with Crippen molar-refractivity contribution in [2.75, 3.05) is 0 Å². The summed E-state index contributed by atoms with van der Waals surface area (Å²) >= 11 is 7.43. The largest absolute Gasteiger partial charge is 0.345 e. The summed E-state index contributed by atoms with van der Waals surface area (Å²) in [5, 5.41) is 7.11. The number of fused-ring (bicyclic) bond motifs is 1. The Balaban J connectivity index is 1.46. The van der Waals surface area contributed by atoms with Crippen molar-refractivity contribution in [1.29, 1.82) is 0 Å². The lowest BCUT2D eigenvalue weighted by molar-refractivity contribution is 0.0946. The van der Waals surface area contributed by atoms with Crippen molar-refractivity contribution in [2.45, 2.75) is 6.54 Å². The van der Waals surface area contributed by atoms with E-state index in [0.29, 0.717) is 17.3 Å². The monoisotopic (exact) mass is 379 g/mol. The Morgan fingerprint density at radius 3 is 2.81 bits per heavy atom. The van der Waals surface area contributed by atoms with Gasteiger partial charge in [0, 0.05) is 21.4 Å². The van der Waals surface area contributed by atoms with Crippen LogP contribution in [0.2, 0.25) is 5.02 Å². The lowest BCUT2D eigenvalue weighted by Crippen LogP contribution is -2.23. The van der Waals surface area contributed by atoms with Crippen molar-refractivity contribution in [3.8, 4) is 10.6 Å². The van der Waals surface area contributed by atoms with Crippen molar-refractivity contribution in [3.63, 3.8) is 0 Å². The van der Waals surface area contributed by atoms with Gasteiger partial charge in [-0.1, -0.05) is 48.0 Å². The molecule has 0 aliphatic rings. The highest BCUT2D eigenvalue weighted by molar-refractivity contribution is 7.13. The van der Waals surface area contributed by atoms with Gasteiger partial charge in [0.15, 0.2) is 0 Å². The average Bonchev–Trinajstić information content (AvgIpc) is 3.16. The van der Waals surface area contributed by atoms with Crippen LogP contribution in [0.5, 0.6) is 0 Å². The van der Waals surface area contributed by atoms with Gasteiger partial charge >= 0.3 is 0 Å². The molecule has 1 amide bonds. The van der Waals surface area contributed by atoms with E-state index in [9.17, 15) is 4.79 Å². The number of carbonyl (C=O) groups excluding carboxylic acids is 1. The molecule has 128 valence electrons. The Morgan fingerprint density at radius 1 is 1.04 bits per heavy atom. The van der Waals surface area contributed by atoms with Gasteiger partial charge in [-0.25, -0.2) is 4.98 Å². The molecule has 26 heavy (non-hydrogen) atoms.